The van der Waals surface area contributed by atoms with Gasteiger partial charge >= 0.3 is 0 Å². The summed E-state index contributed by atoms with van der Waals surface area (Å²) >= 11 is 0. The number of hydrogen-bond donors (Lipinski definition) is 2. The number of rotatable bonds is 10. The van der Waals surface area contributed by atoms with E-state index < -0.39 is 0 Å². The van der Waals surface area contributed by atoms with Crippen molar-refractivity contribution in [2.45, 2.75) is 32.7 Å². The number of para-hydroxylation sites is 1. The number of unbranched alkanes of at least 4 members (excludes halogenated alkanes) is 2. The normalized spacial score (nSPS) is 10.8. The molecule has 1 aromatic rings. The molecular weight excluding hydrogens is 405 g/mol. The molecule has 1 rings (SSSR count). The van der Waals surface area contributed by atoms with Crippen LogP contribution in [0.1, 0.15) is 31.7 Å². The molecule has 5 nitrogen and oxygen atoms in total. The highest BCUT2D eigenvalue weighted by Crippen LogP contribution is 2.17. The topological polar surface area (TPSA) is 54.9 Å². The molecule has 0 bridgehead atoms. The summed E-state index contributed by atoms with van der Waals surface area (Å²) in [4.78, 5) is 4.62. The maximum Gasteiger partial charge on any atom is 0.191 e. The Labute approximate surface area is 157 Å². The zero-order valence-corrected chi connectivity index (χ0v) is 16.8. The molecule has 0 aliphatic heterocycles. The van der Waals surface area contributed by atoms with Crippen LogP contribution in [-0.2, 0) is 11.3 Å². The standard InChI is InChI=1S/C17H29N3O2.HI/c1-4-18-17(19-12-8-5-9-13-21-2)20-14-15-10-6-7-11-16(15)22-3;/h6-7,10-11H,4-5,8-9,12-14H2,1-3H3,(H2,18,19,20);1H. The van der Waals surface area contributed by atoms with Gasteiger partial charge in [0.2, 0.25) is 0 Å². The molecule has 0 atom stereocenters. The molecule has 0 heterocycles. The van der Waals surface area contributed by atoms with Crippen LogP contribution in [0.3, 0.4) is 0 Å². The number of halogens is 1. The SMILES string of the molecule is CCNC(=NCc1ccccc1OC)NCCCCCOC.I. The summed E-state index contributed by atoms with van der Waals surface area (Å²) in [5, 5.41) is 6.63. The number of guanidine groups is 1. The molecule has 23 heavy (non-hydrogen) atoms. The maximum absolute atomic E-state index is 5.35. The number of aliphatic imine (C=N–C) groups is 1. The van der Waals surface area contributed by atoms with Gasteiger partial charge in [-0.1, -0.05) is 18.2 Å². The fraction of sp³-hybridized carbons (Fsp3) is 0.588. The van der Waals surface area contributed by atoms with Crippen LogP contribution in [0.15, 0.2) is 29.3 Å². The lowest BCUT2D eigenvalue weighted by Gasteiger charge is -2.12. The Bertz CT molecular complexity index is 442. The summed E-state index contributed by atoms with van der Waals surface area (Å²) in [6, 6.07) is 7.97. The van der Waals surface area contributed by atoms with Gasteiger partial charge in [0.25, 0.3) is 0 Å². The van der Waals surface area contributed by atoms with Gasteiger partial charge in [-0.25, -0.2) is 4.99 Å². The van der Waals surface area contributed by atoms with Crippen molar-refractivity contribution in [3.05, 3.63) is 29.8 Å². The molecule has 0 aliphatic rings. The van der Waals surface area contributed by atoms with E-state index in [2.05, 4.69) is 22.5 Å². The highest BCUT2D eigenvalue weighted by atomic mass is 127. The Kier molecular flexibility index (Phi) is 13.9. The van der Waals surface area contributed by atoms with Crippen LogP contribution in [0.5, 0.6) is 5.75 Å². The van der Waals surface area contributed by atoms with Crippen molar-refractivity contribution in [2.75, 3.05) is 33.9 Å². The zero-order chi connectivity index (χ0) is 16.0. The van der Waals surface area contributed by atoms with Gasteiger partial charge < -0.3 is 20.1 Å². The average molecular weight is 435 g/mol. The van der Waals surface area contributed by atoms with Crippen molar-refractivity contribution in [2.24, 2.45) is 4.99 Å². The number of hydrogen-bond acceptors (Lipinski definition) is 3. The third-order valence-electron chi connectivity index (χ3n) is 3.26. The lowest BCUT2D eigenvalue weighted by atomic mass is 10.2. The smallest absolute Gasteiger partial charge is 0.191 e. The first-order valence-corrected chi connectivity index (χ1v) is 7.94. The summed E-state index contributed by atoms with van der Waals surface area (Å²) in [6.07, 6.45) is 3.38. The van der Waals surface area contributed by atoms with Crippen molar-refractivity contribution < 1.29 is 9.47 Å². The molecule has 0 saturated heterocycles. The number of nitrogens with zero attached hydrogens (tertiary/aromatic N) is 1. The van der Waals surface area contributed by atoms with E-state index in [9.17, 15) is 0 Å². The lowest BCUT2D eigenvalue weighted by Crippen LogP contribution is -2.37. The number of nitrogens with one attached hydrogen (secondary N) is 2. The minimum atomic E-state index is 0. The Hall–Kier alpha value is -1.02. The zero-order valence-electron chi connectivity index (χ0n) is 14.4. The molecule has 0 aromatic heterocycles. The first-order valence-electron chi connectivity index (χ1n) is 7.94. The molecule has 0 radical (unpaired) electrons. The fourth-order valence-corrected chi connectivity index (χ4v) is 2.09. The molecule has 0 saturated carbocycles. The Morgan fingerprint density at radius 1 is 1.09 bits per heavy atom. The van der Waals surface area contributed by atoms with Gasteiger partial charge in [-0.3, -0.25) is 0 Å². The van der Waals surface area contributed by atoms with E-state index in [0.29, 0.717) is 6.54 Å². The van der Waals surface area contributed by atoms with Gasteiger partial charge in [-0.2, -0.15) is 0 Å². The summed E-state index contributed by atoms with van der Waals surface area (Å²) in [7, 11) is 3.43. The van der Waals surface area contributed by atoms with Gasteiger partial charge in [-0.15, -0.1) is 24.0 Å². The quantitative estimate of drug-likeness (QED) is 0.257. The van der Waals surface area contributed by atoms with E-state index in [1.807, 2.05) is 24.3 Å². The van der Waals surface area contributed by atoms with Crippen molar-refractivity contribution in [3.63, 3.8) is 0 Å². The summed E-state index contributed by atoms with van der Waals surface area (Å²) in [6.45, 7) is 5.27. The highest BCUT2D eigenvalue weighted by molar-refractivity contribution is 14.0. The number of benzene rings is 1. The summed E-state index contributed by atoms with van der Waals surface area (Å²) in [5.74, 6) is 1.72. The van der Waals surface area contributed by atoms with E-state index in [1.165, 1.54) is 0 Å². The van der Waals surface area contributed by atoms with E-state index in [-0.39, 0.29) is 24.0 Å². The molecule has 132 valence electrons. The first kappa shape index (κ1) is 22.0. The van der Waals surface area contributed by atoms with Crippen LogP contribution in [-0.4, -0.2) is 39.9 Å². The molecule has 2 N–H and O–H groups in total. The molecule has 1 aromatic carbocycles. The summed E-state index contributed by atoms with van der Waals surface area (Å²) < 4.78 is 10.4. The molecular formula is C17H30IN3O2. The second kappa shape index (κ2) is 14.6. The molecule has 0 spiro atoms. The van der Waals surface area contributed by atoms with Crippen LogP contribution in [0.25, 0.3) is 0 Å². The van der Waals surface area contributed by atoms with Gasteiger partial charge in [0.15, 0.2) is 5.96 Å². The fourth-order valence-electron chi connectivity index (χ4n) is 2.09. The largest absolute Gasteiger partial charge is 0.496 e. The van der Waals surface area contributed by atoms with Gasteiger partial charge in [0.05, 0.1) is 13.7 Å². The van der Waals surface area contributed by atoms with Crippen LogP contribution < -0.4 is 15.4 Å². The van der Waals surface area contributed by atoms with Crippen LogP contribution in [0, 0.1) is 0 Å². The Balaban J connectivity index is 0.00000484. The maximum atomic E-state index is 5.35. The predicted octanol–water partition coefficient (Wildman–Crippen LogP) is 3.19. The van der Waals surface area contributed by atoms with Crippen LogP contribution >= 0.6 is 24.0 Å². The monoisotopic (exact) mass is 435 g/mol. The van der Waals surface area contributed by atoms with Crippen molar-refractivity contribution in [1.29, 1.82) is 0 Å². The lowest BCUT2D eigenvalue weighted by molar-refractivity contribution is 0.192. The van der Waals surface area contributed by atoms with E-state index in [4.69, 9.17) is 9.47 Å². The van der Waals surface area contributed by atoms with Gasteiger partial charge in [0.1, 0.15) is 5.75 Å². The van der Waals surface area contributed by atoms with Crippen LogP contribution in [0.4, 0.5) is 0 Å². The highest BCUT2D eigenvalue weighted by Gasteiger charge is 2.02. The molecule has 0 aliphatic carbocycles. The summed E-state index contributed by atoms with van der Waals surface area (Å²) in [5.41, 5.74) is 1.09. The Morgan fingerprint density at radius 3 is 2.57 bits per heavy atom. The second-order valence-electron chi connectivity index (χ2n) is 4.99. The van der Waals surface area contributed by atoms with Gasteiger partial charge in [0, 0.05) is 32.4 Å². The van der Waals surface area contributed by atoms with Crippen molar-refractivity contribution >= 4 is 29.9 Å². The Morgan fingerprint density at radius 2 is 1.87 bits per heavy atom. The van der Waals surface area contributed by atoms with E-state index in [1.54, 1.807) is 14.2 Å². The van der Waals surface area contributed by atoms with Crippen LogP contribution in [0.2, 0.25) is 0 Å². The molecule has 0 fully saturated rings. The molecule has 0 amide bonds. The third kappa shape index (κ3) is 9.65. The predicted molar refractivity (Wildman–Crippen MR) is 107 cm³/mol. The molecule has 0 unspecified atom stereocenters. The van der Waals surface area contributed by atoms with Gasteiger partial charge in [-0.05, 0) is 32.3 Å². The van der Waals surface area contributed by atoms with Crippen molar-refractivity contribution in [3.8, 4) is 5.75 Å². The first-order chi connectivity index (χ1) is 10.8. The van der Waals surface area contributed by atoms with Crippen molar-refractivity contribution in [1.82, 2.24) is 10.6 Å². The minimum Gasteiger partial charge on any atom is -0.496 e. The molecule has 6 heteroatoms. The van der Waals surface area contributed by atoms with E-state index >= 15 is 0 Å². The minimum absolute atomic E-state index is 0. The third-order valence-corrected chi connectivity index (χ3v) is 3.26. The average Bonchev–Trinajstić information content (AvgIpc) is 2.56. The number of ether oxygens (including phenoxy) is 2. The number of methoxy groups -OCH3 is 2. The second-order valence-corrected chi connectivity index (χ2v) is 4.99. The van der Waals surface area contributed by atoms with E-state index in [0.717, 1.165) is 56.2 Å².